The first-order valence-corrected chi connectivity index (χ1v) is 9.00. The van der Waals surface area contributed by atoms with Crippen LogP contribution in [0.5, 0.6) is 11.5 Å². The molecule has 0 atom stereocenters. The number of nitrogens with zero attached hydrogens (tertiary/aromatic N) is 1. The average Bonchev–Trinajstić information content (AvgIpc) is 2.78. The van der Waals surface area contributed by atoms with Crippen LogP contribution in [0.25, 0.3) is 17.7 Å². The number of carbonyl (C=O) groups is 1. The fourth-order valence-corrected chi connectivity index (χ4v) is 2.69. The maximum absolute atomic E-state index is 12.1. The molecule has 0 saturated heterocycles. The Morgan fingerprint density at radius 3 is 2.24 bits per heavy atom. The number of nitriles is 1. The number of hydrogen-bond donors (Lipinski definition) is 0. The first-order chi connectivity index (χ1) is 14.2. The van der Waals surface area contributed by atoms with Crippen LogP contribution in [0.4, 0.5) is 0 Å². The first kappa shape index (κ1) is 19.7. The smallest absolute Gasteiger partial charge is 0.336 e. The molecule has 0 N–H and O–H groups in total. The molecule has 0 fully saturated rings. The molecule has 4 heteroatoms. The van der Waals surface area contributed by atoms with Crippen LogP contribution in [0.3, 0.4) is 0 Å². The summed E-state index contributed by atoms with van der Waals surface area (Å²) in [7, 11) is 1.50. The number of hydrogen-bond acceptors (Lipinski definition) is 4. The quantitative estimate of drug-likeness (QED) is 0.189. The van der Waals surface area contributed by atoms with Crippen LogP contribution >= 0.6 is 0 Å². The number of rotatable bonds is 6. The van der Waals surface area contributed by atoms with E-state index in [0.29, 0.717) is 17.1 Å². The minimum absolute atomic E-state index is 0.311. The summed E-state index contributed by atoms with van der Waals surface area (Å²) in [5.41, 5.74) is 3.03. The summed E-state index contributed by atoms with van der Waals surface area (Å²) in [5, 5.41) is 9.47. The molecule has 4 nitrogen and oxygen atoms in total. The summed E-state index contributed by atoms with van der Waals surface area (Å²) in [4.78, 5) is 12.1. The third-order valence-electron chi connectivity index (χ3n) is 4.13. The molecule has 3 rings (SSSR count). The summed E-state index contributed by atoms with van der Waals surface area (Å²) in [5.74, 6) is 0.216. The molecule has 0 aliphatic heterocycles. The highest BCUT2D eigenvalue weighted by Gasteiger charge is 2.09. The van der Waals surface area contributed by atoms with Crippen LogP contribution in [0.15, 0.2) is 84.9 Å². The van der Waals surface area contributed by atoms with Crippen molar-refractivity contribution >= 4 is 23.7 Å². The fourth-order valence-electron chi connectivity index (χ4n) is 2.69. The zero-order valence-corrected chi connectivity index (χ0v) is 15.9. The van der Waals surface area contributed by atoms with Gasteiger partial charge in [-0.05, 0) is 41.0 Å². The Labute approximate surface area is 170 Å². The third kappa shape index (κ3) is 5.44. The van der Waals surface area contributed by atoms with Gasteiger partial charge >= 0.3 is 5.97 Å². The van der Waals surface area contributed by atoms with Crippen LogP contribution in [0.1, 0.15) is 16.7 Å². The molecule has 0 saturated carbocycles. The number of methoxy groups -OCH3 is 1. The van der Waals surface area contributed by atoms with Crippen LogP contribution in [0.2, 0.25) is 0 Å². The summed E-state index contributed by atoms with van der Waals surface area (Å²) >= 11 is 0. The lowest BCUT2D eigenvalue weighted by molar-refractivity contribution is -0.129. The molecule has 0 aromatic heterocycles. The predicted octanol–water partition coefficient (Wildman–Crippen LogP) is 5.38. The molecule has 0 aliphatic rings. The fraction of sp³-hybridized carbons (Fsp3) is 0.0400. The molecule has 0 radical (unpaired) electrons. The second-order valence-electron chi connectivity index (χ2n) is 6.11. The van der Waals surface area contributed by atoms with Crippen LogP contribution in [0, 0.1) is 11.3 Å². The van der Waals surface area contributed by atoms with Gasteiger partial charge in [-0.15, -0.1) is 0 Å². The van der Waals surface area contributed by atoms with Crippen molar-refractivity contribution in [1.82, 2.24) is 0 Å². The van der Waals surface area contributed by atoms with Crippen molar-refractivity contribution in [2.75, 3.05) is 7.11 Å². The molecule has 3 aromatic rings. The average molecular weight is 381 g/mol. The van der Waals surface area contributed by atoms with E-state index in [0.717, 1.165) is 16.7 Å². The molecule has 29 heavy (non-hydrogen) atoms. The third-order valence-corrected chi connectivity index (χ3v) is 4.13. The maximum Gasteiger partial charge on any atom is 0.336 e. The Hall–Kier alpha value is -4.10. The Balaban J connectivity index is 1.78. The standard InChI is InChI=1S/C25H19NO3/c1-28-24-17-20(16-22(18-26)21-10-6-3-7-11-21)12-14-23(24)29-25(27)15-13-19-8-4-2-5-9-19/h2-17H,1H3/b15-13+,22-16+. The van der Waals surface area contributed by atoms with Crippen molar-refractivity contribution in [2.24, 2.45) is 0 Å². The monoisotopic (exact) mass is 381 g/mol. The normalized spacial score (nSPS) is 11.1. The van der Waals surface area contributed by atoms with Gasteiger partial charge in [0, 0.05) is 6.08 Å². The Morgan fingerprint density at radius 2 is 1.59 bits per heavy atom. The zero-order valence-electron chi connectivity index (χ0n) is 15.9. The summed E-state index contributed by atoms with van der Waals surface area (Å²) in [6, 6.07) is 26.3. The molecule has 142 valence electrons. The van der Waals surface area contributed by atoms with Gasteiger partial charge in [-0.1, -0.05) is 66.7 Å². The molecule has 0 heterocycles. The summed E-state index contributed by atoms with van der Waals surface area (Å²) in [6.45, 7) is 0. The highest BCUT2D eigenvalue weighted by molar-refractivity contribution is 5.91. The van der Waals surface area contributed by atoms with Crippen LogP contribution in [-0.2, 0) is 4.79 Å². The van der Waals surface area contributed by atoms with Crippen molar-refractivity contribution in [3.05, 3.63) is 102 Å². The Kier molecular flexibility index (Phi) is 6.59. The largest absolute Gasteiger partial charge is 0.493 e. The molecule has 0 spiro atoms. The lowest BCUT2D eigenvalue weighted by atomic mass is 10.0. The van der Waals surface area contributed by atoms with Crippen LogP contribution in [-0.4, -0.2) is 13.1 Å². The molecular weight excluding hydrogens is 362 g/mol. The van der Waals surface area contributed by atoms with Crippen LogP contribution < -0.4 is 9.47 Å². The van der Waals surface area contributed by atoms with E-state index < -0.39 is 5.97 Å². The number of esters is 1. The molecule has 0 bridgehead atoms. The van der Waals surface area contributed by atoms with Gasteiger partial charge in [-0.3, -0.25) is 0 Å². The van der Waals surface area contributed by atoms with Gasteiger partial charge in [0.05, 0.1) is 18.8 Å². The summed E-state index contributed by atoms with van der Waals surface area (Å²) in [6.07, 6.45) is 4.81. The van der Waals surface area contributed by atoms with E-state index in [2.05, 4.69) is 6.07 Å². The van der Waals surface area contributed by atoms with E-state index in [4.69, 9.17) is 9.47 Å². The van der Waals surface area contributed by atoms with Gasteiger partial charge in [0.25, 0.3) is 0 Å². The van der Waals surface area contributed by atoms with E-state index in [1.54, 1.807) is 30.4 Å². The highest BCUT2D eigenvalue weighted by Crippen LogP contribution is 2.30. The minimum Gasteiger partial charge on any atom is -0.493 e. The summed E-state index contributed by atoms with van der Waals surface area (Å²) < 4.78 is 10.7. The Morgan fingerprint density at radius 1 is 0.897 bits per heavy atom. The van der Waals surface area contributed by atoms with E-state index in [1.807, 2.05) is 60.7 Å². The highest BCUT2D eigenvalue weighted by atomic mass is 16.6. The zero-order chi connectivity index (χ0) is 20.5. The van der Waals surface area contributed by atoms with Gasteiger partial charge in [-0.25, -0.2) is 4.79 Å². The number of allylic oxidation sites excluding steroid dienone is 1. The van der Waals surface area contributed by atoms with Gasteiger partial charge < -0.3 is 9.47 Å². The van der Waals surface area contributed by atoms with Gasteiger partial charge in [0.1, 0.15) is 0 Å². The van der Waals surface area contributed by atoms with Gasteiger partial charge in [0.15, 0.2) is 11.5 Å². The van der Waals surface area contributed by atoms with E-state index in [1.165, 1.54) is 13.2 Å². The van der Waals surface area contributed by atoms with Crippen molar-refractivity contribution in [3.8, 4) is 17.6 Å². The molecule has 0 aliphatic carbocycles. The number of ether oxygens (including phenoxy) is 2. The second-order valence-corrected chi connectivity index (χ2v) is 6.11. The second kappa shape index (κ2) is 9.72. The van der Waals surface area contributed by atoms with Crippen molar-refractivity contribution in [3.63, 3.8) is 0 Å². The number of carbonyl (C=O) groups excluding carboxylic acids is 1. The minimum atomic E-state index is -0.502. The topological polar surface area (TPSA) is 59.3 Å². The first-order valence-electron chi connectivity index (χ1n) is 9.00. The molecule has 3 aromatic carbocycles. The van der Waals surface area contributed by atoms with E-state index >= 15 is 0 Å². The van der Waals surface area contributed by atoms with Gasteiger partial charge in [0.2, 0.25) is 0 Å². The van der Waals surface area contributed by atoms with Gasteiger partial charge in [-0.2, -0.15) is 5.26 Å². The van der Waals surface area contributed by atoms with Crippen molar-refractivity contribution in [2.45, 2.75) is 0 Å². The molecule has 0 unspecified atom stereocenters. The van der Waals surface area contributed by atoms with E-state index in [-0.39, 0.29) is 0 Å². The molecular formula is C25H19NO3. The predicted molar refractivity (Wildman–Crippen MR) is 114 cm³/mol. The number of benzene rings is 3. The van der Waals surface area contributed by atoms with E-state index in [9.17, 15) is 10.1 Å². The van der Waals surface area contributed by atoms with Crippen molar-refractivity contribution in [1.29, 1.82) is 5.26 Å². The Bertz CT molecular complexity index is 1080. The molecule has 0 amide bonds. The maximum atomic E-state index is 12.1. The van der Waals surface area contributed by atoms with Crippen molar-refractivity contribution < 1.29 is 14.3 Å². The SMILES string of the molecule is COc1cc(/C=C(\C#N)c2ccccc2)ccc1OC(=O)/C=C/c1ccccc1. The lowest BCUT2D eigenvalue weighted by Crippen LogP contribution is -2.05. The lowest BCUT2D eigenvalue weighted by Gasteiger charge is -2.09.